The Balaban J connectivity index is 2.73. The van der Waals surface area contributed by atoms with Gasteiger partial charge in [-0.1, -0.05) is 6.08 Å². The van der Waals surface area contributed by atoms with E-state index in [1.54, 1.807) is 0 Å². The van der Waals surface area contributed by atoms with Crippen LogP contribution in [0.4, 0.5) is 5.69 Å². The molecule has 2 rings (SSSR count). The highest BCUT2D eigenvalue weighted by Gasteiger charge is 2.33. The van der Waals surface area contributed by atoms with E-state index in [1.165, 1.54) is 0 Å². The van der Waals surface area contributed by atoms with Gasteiger partial charge in [0, 0.05) is 17.3 Å². The number of allylic oxidation sites excluding steroid dienone is 1. The summed E-state index contributed by atoms with van der Waals surface area (Å²) in [6.45, 7) is 12.6. The summed E-state index contributed by atoms with van der Waals surface area (Å²) >= 11 is 0. The highest BCUT2D eigenvalue weighted by Crippen LogP contribution is 2.41. The van der Waals surface area contributed by atoms with E-state index in [2.05, 4.69) is 45.6 Å². The van der Waals surface area contributed by atoms with Crippen LogP contribution in [0.5, 0.6) is 0 Å². The smallest absolute Gasteiger partial charge is 0.335 e. The molecule has 20 heavy (non-hydrogen) atoms. The van der Waals surface area contributed by atoms with Crippen LogP contribution in [0, 0.1) is 6.92 Å². The van der Waals surface area contributed by atoms with Crippen LogP contribution in [0.3, 0.4) is 0 Å². The van der Waals surface area contributed by atoms with Crippen molar-refractivity contribution in [1.29, 1.82) is 0 Å². The molecule has 0 aromatic heterocycles. The van der Waals surface area contributed by atoms with Gasteiger partial charge in [-0.3, -0.25) is 0 Å². The first kappa shape index (κ1) is 14.6. The van der Waals surface area contributed by atoms with Gasteiger partial charge < -0.3 is 10.0 Å². The molecular weight excluding hydrogens is 250 g/mol. The number of carboxylic acid groups (broad SMARTS) is 1. The summed E-state index contributed by atoms with van der Waals surface area (Å²) in [7, 11) is 0. The first-order valence-corrected chi connectivity index (χ1v) is 7.02. The molecule has 1 heterocycles. The lowest BCUT2D eigenvalue weighted by Crippen LogP contribution is -2.49. The van der Waals surface area contributed by atoms with Gasteiger partial charge in [-0.05, 0) is 64.8 Å². The van der Waals surface area contributed by atoms with Crippen LogP contribution < -0.4 is 4.90 Å². The number of carboxylic acids is 1. The molecule has 1 N–H and O–H groups in total. The van der Waals surface area contributed by atoms with Gasteiger partial charge in [-0.15, -0.1) is 0 Å². The number of rotatable bonds is 2. The number of benzene rings is 1. The molecule has 3 heteroatoms. The van der Waals surface area contributed by atoms with Crippen LogP contribution in [0.15, 0.2) is 18.2 Å². The van der Waals surface area contributed by atoms with E-state index in [1.807, 2.05) is 19.1 Å². The maximum Gasteiger partial charge on any atom is 0.335 e. The number of aromatic carboxylic acids is 1. The van der Waals surface area contributed by atoms with Crippen LogP contribution in [-0.2, 0) is 0 Å². The molecule has 0 fully saturated rings. The summed E-state index contributed by atoms with van der Waals surface area (Å²) < 4.78 is 0. The Morgan fingerprint density at radius 1 is 1.25 bits per heavy atom. The van der Waals surface area contributed by atoms with Crippen molar-refractivity contribution >= 4 is 17.2 Å². The molecule has 0 aliphatic carbocycles. The summed E-state index contributed by atoms with van der Waals surface area (Å²) in [5.41, 5.74) is 4.44. The molecule has 0 amide bonds. The number of hydrogen-bond acceptors (Lipinski definition) is 2. The molecule has 1 aliphatic rings. The lowest BCUT2D eigenvalue weighted by Gasteiger charge is -2.46. The normalized spacial score (nSPS) is 16.9. The third kappa shape index (κ3) is 2.21. The third-order valence-corrected chi connectivity index (χ3v) is 3.96. The van der Waals surface area contributed by atoms with Crippen molar-refractivity contribution in [3.05, 3.63) is 34.9 Å². The molecule has 0 saturated carbocycles. The standard InChI is InChI=1S/C17H23NO2/c1-10(2)18-15-7-11(3)14(16(19)20)8-13(15)12(4)9-17(18,5)6/h7-10H,1-6H3,(H,19,20). The molecule has 0 unspecified atom stereocenters. The summed E-state index contributed by atoms with van der Waals surface area (Å²) in [4.78, 5) is 13.7. The second-order valence-corrected chi connectivity index (χ2v) is 6.43. The lowest BCUT2D eigenvalue weighted by atomic mass is 9.86. The van der Waals surface area contributed by atoms with Crippen LogP contribution >= 0.6 is 0 Å². The fourth-order valence-electron chi connectivity index (χ4n) is 3.37. The van der Waals surface area contributed by atoms with Crippen molar-refractivity contribution in [1.82, 2.24) is 0 Å². The van der Waals surface area contributed by atoms with Gasteiger partial charge in [0.25, 0.3) is 0 Å². The Bertz CT molecular complexity index is 597. The maximum atomic E-state index is 11.3. The van der Waals surface area contributed by atoms with E-state index >= 15 is 0 Å². The first-order valence-electron chi connectivity index (χ1n) is 7.02. The highest BCUT2D eigenvalue weighted by atomic mass is 16.4. The summed E-state index contributed by atoms with van der Waals surface area (Å²) in [6, 6.07) is 4.17. The van der Waals surface area contributed by atoms with Crippen molar-refractivity contribution in [3.63, 3.8) is 0 Å². The maximum absolute atomic E-state index is 11.3. The Morgan fingerprint density at radius 2 is 1.85 bits per heavy atom. The SMILES string of the molecule is CC1=CC(C)(C)N(C(C)C)c2cc(C)c(C(=O)O)cc21. The minimum atomic E-state index is -0.862. The highest BCUT2D eigenvalue weighted by molar-refractivity contribution is 5.93. The van der Waals surface area contributed by atoms with Crippen molar-refractivity contribution in [2.24, 2.45) is 0 Å². The zero-order valence-corrected chi connectivity index (χ0v) is 13.1. The Kier molecular flexibility index (Phi) is 3.41. The predicted molar refractivity (Wildman–Crippen MR) is 83.5 cm³/mol. The van der Waals surface area contributed by atoms with Gasteiger partial charge in [0.15, 0.2) is 0 Å². The molecular formula is C17H23NO2. The second-order valence-electron chi connectivity index (χ2n) is 6.43. The van der Waals surface area contributed by atoms with E-state index in [0.717, 1.165) is 22.4 Å². The molecule has 0 saturated heterocycles. The Hall–Kier alpha value is -1.77. The van der Waals surface area contributed by atoms with Crippen LogP contribution in [0.1, 0.15) is 56.1 Å². The predicted octanol–water partition coefficient (Wildman–Crippen LogP) is 4.10. The number of fused-ring (bicyclic) bond motifs is 1. The number of carbonyl (C=O) groups is 1. The van der Waals surface area contributed by atoms with Crippen molar-refractivity contribution < 1.29 is 9.90 Å². The molecule has 1 aliphatic heterocycles. The summed E-state index contributed by atoms with van der Waals surface area (Å²) in [5, 5.41) is 9.30. The molecule has 0 atom stereocenters. The Morgan fingerprint density at radius 3 is 2.35 bits per heavy atom. The van der Waals surface area contributed by atoms with Crippen molar-refractivity contribution in [3.8, 4) is 0 Å². The van der Waals surface area contributed by atoms with Crippen LogP contribution in [-0.4, -0.2) is 22.7 Å². The molecule has 1 aromatic carbocycles. The van der Waals surface area contributed by atoms with Crippen molar-refractivity contribution in [2.45, 2.75) is 53.1 Å². The number of hydrogen-bond donors (Lipinski definition) is 1. The van der Waals surface area contributed by atoms with Crippen LogP contribution in [0.25, 0.3) is 5.57 Å². The lowest BCUT2D eigenvalue weighted by molar-refractivity contribution is 0.0696. The minimum Gasteiger partial charge on any atom is -0.478 e. The minimum absolute atomic E-state index is 0.0670. The molecule has 0 bridgehead atoms. The number of nitrogens with zero attached hydrogens (tertiary/aromatic N) is 1. The van der Waals surface area contributed by atoms with Crippen LogP contribution in [0.2, 0.25) is 0 Å². The van der Waals surface area contributed by atoms with Gasteiger partial charge >= 0.3 is 5.97 Å². The average Bonchev–Trinajstić information content (AvgIpc) is 2.25. The molecule has 3 nitrogen and oxygen atoms in total. The second kappa shape index (κ2) is 4.65. The zero-order valence-electron chi connectivity index (χ0n) is 13.1. The monoisotopic (exact) mass is 273 g/mol. The van der Waals surface area contributed by atoms with Gasteiger partial charge in [0.1, 0.15) is 0 Å². The molecule has 0 spiro atoms. The summed E-state index contributed by atoms with van der Waals surface area (Å²) in [5.74, 6) is -0.862. The zero-order chi connectivity index (χ0) is 15.2. The fraction of sp³-hybridized carbons (Fsp3) is 0.471. The van der Waals surface area contributed by atoms with Gasteiger partial charge in [-0.25, -0.2) is 4.79 Å². The van der Waals surface area contributed by atoms with Crippen molar-refractivity contribution in [2.75, 3.05) is 4.90 Å². The van der Waals surface area contributed by atoms with Gasteiger partial charge in [0.2, 0.25) is 0 Å². The third-order valence-electron chi connectivity index (χ3n) is 3.96. The van der Waals surface area contributed by atoms with E-state index in [4.69, 9.17) is 0 Å². The summed E-state index contributed by atoms with van der Waals surface area (Å²) in [6.07, 6.45) is 2.22. The molecule has 1 aromatic rings. The first-order chi connectivity index (χ1) is 9.15. The average molecular weight is 273 g/mol. The quantitative estimate of drug-likeness (QED) is 0.881. The molecule has 0 radical (unpaired) electrons. The number of aryl methyl sites for hydroxylation is 1. The van der Waals surface area contributed by atoms with E-state index in [9.17, 15) is 9.90 Å². The Labute approximate surface area is 120 Å². The fourth-order valence-corrected chi connectivity index (χ4v) is 3.37. The van der Waals surface area contributed by atoms with E-state index < -0.39 is 5.97 Å². The van der Waals surface area contributed by atoms with E-state index in [-0.39, 0.29) is 5.54 Å². The van der Waals surface area contributed by atoms with Gasteiger partial charge in [0.05, 0.1) is 11.1 Å². The van der Waals surface area contributed by atoms with E-state index in [0.29, 0.717) is 11.6 Å². The van der Waals surface area contributed by atoms with Gasteiger partial charge in [-0.2, -0.15) is 0 Å². The largest absolute Gasteiger partial charge is 0.478 e. The molecule has 108 valence electrons. The number of anilines is 1. The topological polar surface area (TPSA) is 40.5 Å².